The molecule has 0 aliphatic carbocycles. The molecule has 1 aliphatic rings. The van der Waals surface area contributed by atoms with E-state index in [1.807, 2.05) is 19.2 Å². The highest BCUT2D eigenvalue weighted by Crippen LogP contribution is 2.42. The normalized spacial score (nSPS) is 15.5. The van der Waals surface area contributed by atoms with E-state index in [4.69, 9.17) is 10.7 Å². The molecule has 0 amide bonds. The number of aromatic amines is 1. The van der Waals surface area contributed by atoms with Gasteiger partial charge in [0, 0.05) is 12.2 Å². The summed E-state index contributed by atoms with van der Waals surface area (Å²) in [4.78, 5) is 17.3. The van der Waals surface area contributed by atoms with Crippen molar-refractivity contribution in [3.05, 3.63) is 30.1 Å². The molecule has 0 radical (unpaired) electrons. The Balaban J connectivity index is 1.73. The van der Waals surface area contributed by atoms with E-state index in [9.17, 15) is 0 Å². The minimum atomic E-state index is 0.0834. The average Bonchev–Trinajstić information content (AvgIpc) is 3.46. The van der Waals surface area contributed by atoms with Gasteiger partial charge < -0.3 is 10.6 Å². The monoisotopic (exact) mass is 422 g/mol. The highest BCUT2D eigenvalue weighted by molar-refractivity contribution is 7.19. The Hall–Kier alpha value is -3.34. The first kappa shape index (κ1) is 18.7. The Labute approximate surface area is 177 Å². The van der Waals surface area contributed by atoms with Gasteiger partial charge in [0.2, 0.25) is 0 Å². The van der Waals surface area contributed by atoms with Gasteiger partial charge in [0.25, 0.3) is 0 Å². The van der Waals surface area contributed by atoms with Gasteiger partial charge in [-0.3, -0.25) is 9.67 Å². The lowest BCUT2D eigenvalue weighted by Crippen LogP contribution is -2.40. The van der Waals surface area contributed by atoms with Gasteiger partial charge in [-0.15, -0.1) is 10.2 Å². The number of anilines is 2. The highest BCUT2D eigenvalue weighted by atomic mass is 32.1. The molecule has 30 heavy (non-hydrogen) atoms. The summed E-state index contributed by atoms with van der Waals surface area (Å²) in [6, 6.07) is 2.16. The number of aromatic nitrogens is 8. The lowest BCUT2D eigenvalue weighted by molar-refractivity contribution is 0.496. The summed E-state index contributed by atoms with van der Waals surface area (Å²) in [5.74, 6) is 3.19. The van der Waals surface area contributed by atoms with E-state index in [0.29, 0.717) is 16.6 Å². The second-order valence-electron chi connectivity index (χ2n) is 7.47. The van der Waals surface area contributed by atoms with Crippen LogP contribution in [0.25, 0.3) is 27.8 Å². The maximum atomic E-state index is 6.04. The molecule has 0 saturated heterocycles. The fourth-order valence-corrected chi connectivity index (χ4v) is 4.82. The van der Waals surface area contributed by atoms with Gasteiger partial charge in [0.05, 0.1) is 17.9 Å². The maximum absolute atomic E-state index is 6.04. The molecule has 11 heteroatoms. The van der Waals surface area contributed by atoms with Gasteiger partial charge in [-0.05, 0) is 33.3 Å². The molecule has 1 aliphatic heterocycles. The fraction of sp³-hybridized carbons (Fsp3) is 0.368. The van der Waals surface area contributed by atoms with Crippen LogP contribution in [0.15, 0.2) is 18.5 Å². The highest BCUT2D eigenvalue weighted by Gasteiger charge is 2.36. The molecule has 0 saturated carbocycles. The molecule has 0 spiro atoms. The van der Waals surface area contributed by atoms with Crippen LogP contribution in [0.4, 0.5) is 10.9 Å². The standard InChI is InChI=1S/C19H22N10S/c1-5-12-18-27-25-10(4)29(18)13-8-21-16(24-17(13)28(12)9(2)3)15-14(23-19(20)30-15)11-6-7-22-26-11/h6-9,12H,5H2,1-4H3,(H2,20,23)(H,22,26). The van der Waals surface area contributed by atoms with Gasteiger partial charge in [0.15, 0.2) is 22.6 Å². The van der Waals surface area contributed by atoms with Gasteiger partial charge in [-0.1, -0.05) is 18.3 Å². The van der Waals surface area contributed by atoms with Crippen LogP contribution in [0, 0.1) is 6.92 Å². The van der Waals surface area contributed by atoms with Crippen molar-refractivity contribution in [3.8, 4) is 27.8 Å². The molecule has 0 bridgehead atoms. The molecule has 154 valence electrons. The zero-order valence-corrected chi connectivity index (χ0v) is 18.0. The van der Waals surface area contributed by atoms with E-state index in [1.165, 1.54) is 11.3 Å². The number of nitrogen functional groups attached to an aromatic ring is 1. The Morgan fingerprint density at radius 3 is 2.80 bits per heavy atom. The summed E-state index contributed by atoms with van der Waals surface area (Å²) in [6.45, 7) is 8.43. The van der Waals surface area contributed by atoms with Crippen molar-refractivity contribution in [3.63, 3.8) is 0 Å². The summed E-state index contributed by atoms with van der Waals surface area (Å²) in [6.07, 6.45) is 4.42. The van der Waals surface area contributed by atoms with Crippen molar-refractivity contribution in [2.75, 3.05) is 10.6 Å². The van der Waals surface area contributed by atoms with E-state index in [0.717, 1.165) is 40.1 Å². The Bertz CT molecular complexity index is 1210. The molecule has 3 N–H and O–H groups in total. The zero-order valence-electron chi connectivity index (χ0n) is 17.2. The topological polar surface area (TPSA) is 127 Å². The Morgan fingerprint density at radius 2 is 2.10 bits per heavy atom. The number of H-pyrrole nitrogens is 1. The molecular weight excluding hydrogens is 400 g/mol. The Morgan fingerprint density at radius 1 is 1.27 bits per heavy atom. The number of hydrogen-bond acceptors (Lipinski definition) is 9. The molecule has 5 heterocycles. The van der Waals surface area contributed by atoms with Gasteiger partial charge in [-0.25, -0.2) is 15.0 Å². The minimum Gasteiger partial charge on any atom is -0.375 e. The third kappa shape index (κ3) is 2.69. The van der Waals surface area contributed by atoms with Crippen LogP contribution < -0.4 is 10.6 Å². The zero-order chi connectivity index (χ0) is 21.0. The molecule has 4 aromatic rings. The third-order valence-corrected chi connectivity index (χ3v) is 6.15. The maximum Gasteiger partial charge on any atom is 0.181 e. The number of rotatable bonds is 4. The molecular formula is C19H22N10S. The fourth-order valence-electron chi connectivity index (χ4n) is 4.03. The van der Waals surface area contributed by atoms with Crippen LogP contribution in [0.5, 0.6) is 0 Å². The lowest BCUT2D eigenvalue weighted by atomic mass is 10.1. The first-order chi connectivity index (χ1) is 14.5. The van der Waals surface area contributed by atoms with E-state index < -0.39 is 0 Å². The molecule has 4 aromatic heterocycles. The van der Waals surface area contributed by atoms with E-state index in [1.54, 1.807) is 6.20 Å². The number of aryl methyl sites for hydroxylation is 1. The Kier molecular flexibility index (Phi) is 4.28. The smallest absolute Gasteiger partial charge is 0.181 e. The largest absolute Gasteiger partial charge is 0.375 e. The van der Waals surface area contributed by atoms with E-state index >= 15 is 0 Å². The SMILES string of the molecule is CCC1c2nnc(C)n2-c2cnc(-c3sc(N)nc3-c3ccn[nH]3)nc2N1C(C)C. The number of thiazole rings is 1. The quantitative estimate of drug-likeness (QED) is 0.513. The lowest BCUT2D eigenvalue weighted by Gasteiger charge is -2.39. The molecule has 1 atom stereocenters. The predicted molar refractivity (Wildman–Crippen MR) is 115 cm³/mol. The second kappa shape index (κ2) is 6.87. The summed E-state index contributed by atoms with van der Waals surface area (Å²) >= 11 is 1.37. The van der Waals surface area contributed by atoms with Crippen molar-refractivity contribution in [2.45, 2.75) is 46.2 Å². The minimum absolute atomic E-state index is 0.0834. The number of nitrogens with zero attached hydrogens (tertiary/aromatic N) is 8. The van der Waals surface area contributed by atoms with Crippen LogP contribution in [-0.2, 0) is 0 Å². The number of nitrogens with one attached hydrogen (secondary N) is 1. The number of fused-ring (bicyclic) bond motifs is 3. The van der Waals surface area contributed by atoms with Crippen LogP contribution >= 0.6 is 11.3 Å². The summed E-state index contributed by atoms with van der Waals surface area (Å²) in [7, 11) is 0. The van der Waals surface area contributed by atoms with Crippen molar-refractivity contribution in [2.24, 2.45) is 0 Å². The van der Waals surface area contributed by atoms with Gasteiger partial charge in [-0.2, -0.15) is 5.10 Å². The first-order valence-corrected chi connectivity index (χ1v) is 10.6. The van der Waals surface area contributed by atoms with Crippen LogP contribution in [0.2, 0.25) is 0 Å². The van der Waals surface area contributed by atoms with Gasteiger partial charge in [0.1, 0.15) is 22.1 Å². The second-order valence-corrected chi connectivity index (χ2v) is 8.50. The van der Waals surface area contributed by atoms with Crippen LogP contribution in [0.3, 0.4) is 0 Å². The average molecular weight is 423 g/mol. The number of nitrogens with two attached hydrogens (primary N) is 1. The molecule has 0 fully saturated rings. The van der Waals surface area contributed by atoms with E-state index in [-0.39, 0.29) is 12.1 Å². The first-order valence-electron chi connectivity index (χ1n) is 9.83. The predicted octanol–water partition coefficient (Wildman–Crippen LogP) is 3.14. The van der Waals surface area contributed by atoms with Gasteiger partial charge >= 0.3 is 0 Å². The van der Waals surface area contributed by atoms with E-state index in [2.05, 4.69) is 60.6 Å². The van der Waals surface area contributed by atoms with Crippen LogP contribution in [0.1, 0.15) is 44.9 Å². The molecule has 10 nitrogen and oxygen atoms in total. The molecule has 0 aromatic carbocycles. The van der Waals surface area contributed by atoms with Crippen molar-refractivity contribution in [1.82, 2.24) is 39.9 Å². The molecule has 5 rings (SSSR count). The van der Waals surface area contributed by atoms with Crippen molar-refractivity contribution in [1.29, 1.82) is 0 Å². The van der Waals surface area contributed by atoms with Crippen molar-refractivity contribution < 1.29 is 0 Å². The van der Waals surface area contributed by atoms with Crippen LogP contribution in [-0.4, -0.2) is 46.0 Å². The summed E-state index contributed by atoms with van der Waals surface area (Å²) in [5, 5.41) is 16.2. The third-order valence-electron chi connectivity index (χ3n) is 5.26. The summed E-state index contributed by atoms with van der Waals surface area (Å²) < 4.78 is 2.06. The van der Waals surface area contributed by atoms with Crippen molar-refractivity contribution >= 4 is 22.3 Å². The summed E-state index contributed by atoms with van der Waals surface area (Å²) in [5.41, 5.74) is 8.40. The number of hydrogen-bond donors (Lipinski definition) is 2. The molecule has 1 unspecified atom stereocenters.